The summed E-state index contributed by atoms with van der Waals surface area (Å²) in [5.41, 5.74) is 0.962. The summed E-state index contributed by atoms with van der Waals surface area (Å²) in [4.78, 5) is 14.0. The van der Waals surface area contributed by atoms with Crippen LogP contribution in [0.4, 0.5) is 0 Å². The molecule has 1 aliphatic heterocycles. The lowest BCUT2D eigenvalue weighted by Gasteiger charge is -2.40. The molecule has 0 bridgehead atoms. The minimum absolute atomic E-state index is 0.0478. The molecule has 1 heterocycles. The highest BCUT2D eigenvalue weighted by atomic mass is 32.2. The van der Waals surface area contributed by atoms with Gasteiger partial charge in [-0.05, 0) is 119 Å². The van der Waals surface area contributed by atoms with Gasteiger partial charge in [-0.1, -0.05) is 108 Å². The molecule has 0 spiro atoms. The highest BCUT2D eigenvalue weighted by Crippen LogP contribution is 2.39. The second kappa shape index (κ2) is 20.7. The molecule has 0 aromatic heterocycles. The van der Waals surface area contributed by atoms with Crippen LogP contribution in [0.15, 0.2) is 102 Å². The number of rotatable bonds is 19. The van der Waals surface area contributed by atoms with Crippen LogP contribution in [-0.2, 0) is 32.9 Å². The Balaban J connectivity index is 1.92. The number of esters is 1. The Labute approximate surface area is 354 Å². The number of allylic oxidation sites excluding steroid dienone is 2. The predicted octanol–water partition coefficient (Wildman–Crippen LogP) is 12.0. The number of hydrogen-bond acceptors (Lipinski definition) is 8. The Bertz CT molecular complexity index is 1790. The Morgan fingerprint density at radius 1 is 0.862 bits per heavy atom. The number of ether oxygens (including phenoxy) is 3. The summed E-state index contributed by atoms with van der Waals surface area (Å²) in [6, 6.07) is 17.2. The highest BCUT2D eigenvalue weighted by molar-refractivity contribution is 7.92. The van der Waals surface area contributed by atoms with E-state index in [0.29, 0.717) is 43.4 Å². The SMILES string of the molecule is C/C(=C\[C@H]1C[C@H](C/C=C\C=C\CO[Si](C)(C)C(C)(C)C)OC(C)(C)O1)C(OC(=O)c1ccccc1)C(CCC[C@H](C)O[Si](C)(C)C(C)(C)C)S(=O)(=O)c1ccccc1. The maximum atomic E-state index is 14.7. The average Bonchev–Trinajstić information content (AvgIpc) is 3.11. The quantitative estimate of drug-likeness (QED) is 0.0596. The van der Waals surface area contributed by atoms with E-state index in [2.05, 4.69) is 80.7 Å². The van der Waals surface area contributed by atoms with Crippen molar-refractivity contribution in [1.29, 1.82) is 0 Å². The van der Waals surface area contributed by atoms with Crippen molar-refractivity contribution in [3.63, 3.8) is 0 Å². The maximum Gasteiger partial charge on any atom is 0.338 e. The van der Waals surface area contributed by atoms with Gasteiger partial charge in [-0.2, -0.15) is 0 Å². The minimum Gasteiger partial charge on any atom is -0.453 e. The van der Waals surface area contributed by atoms with Crippen LogP contribution in [0, 0.1) is 0 Å². The van der Waals surface area contributed by atoms with E-state index >= 15 is 0 Å². The van der Waals surface area contributed by atoms with Crippen LogP contribution in [0.5, 0.6) is 0 Å². The van der Waals surface area contributed by atoms with Gasteiger partial charge in [-0.15, -0.1) is 0 Å². The summed E-state index contributed by atoms with van der Waals surface area (Å²) >= 11 is 0. The smallest absolute Gasteiger partial charge is 0.338 e. The number of carbonyl (C=O) groups is 1. The van der Waals surface area contributed by atoms with E-state index in [1.54, 1.807) is 54.6 Å². The number of carbonyl (C=O) groups excluding carboxylic acids is 1. The van der Waals surface area contributed by atoms with E-state index < -0.39 is 55.7 Å². The molecule has 0 N–H and O–H groups in total. The fraction of sp³-hybridized carbons (Fsp3) is 0.596. The predicted molar refractivity (Wildman–Crippen MR) is 243 cm³/mol. The minimum atomic E-state index is -3.98. The molecule has 0 radical (unpaired) electrons. The molecule has 0 saturated carbocycles. The van der Waals surface area contributed by atoms with Gasteiger partial charge in [0.1, 0.15) is 11.4 Å². The van der Waals surface area contributed by atoms with Crippen LogP contribution in [0.2, 0.25) is 36.3 Å². The van der Waals surface area contributed by atoms with Crippen LogP contribution in [0.25, 0.3) is 0 Å². The van der Waals surface area contributed by atoms with E-state index in [1.807, 2.05) is 51.1 Å². The zero-order valence-corrected chi connectivity index (χ0v) is 40.8. The fourth-order valence-electron chi connectivity index (χ4n) is 6.52. The van der Waals surface area contributed by atoms with Crippen molar-refractivity contribution in [3.8, 4) is 0 Å². The van der Waals surface area contributed by atoms with E-state index in [0.717, 1.165) is 0 Å². The van der Waals surface area contributed by atoms with E-state index in [4.69, 9.17) is 23.1 Å². The van der Waals surface area contributed by atoms with Gasteiger partial charge in [-0.25, -0.2) is 13.2 Å². The zero-order chi connectivity index (χ0) is 43.6. The molecule has 1 aliphatic rings. The van der Waals surface area contributed by atoms with Crippen molar-refractivity contribution < 1.29 is 36.3 Å². The molecular weight excluding hydrogens is 781 g/mol. The highest BCUT2D eigenvalue weighted by Gasteiger charge is 2.42. The second-order valence-corrected chi connectivity index (χ2v) is 31.0. The van der Waals surface area contributed by atoms with E-state index in [-0.39, 0.29) is 33.6 Å². The first-order chi connectivity index (χ1) is 26.8. The lowest BCUT2D eigenvalue weighted by Crippen LogP contribution is -2.44. The van der Waals surface area contributed by atoms with Gasteiger partial charge in [0.05, 0.1) is 29.3 Å². The normalized spacial score (nSPS) is 20.3. The van der Waals surface area contributed by atoms with Crippen molar-refractivity contribution in [1.82, 2.24) is 0 Å². The first-order valence-electron chi connectivity index (χ1n) is 21.0. The number of sulfone groups is 1. The summed E-state index contributed by atoms with van der Waals surface area (Å²) < 4.78 is 61.3. The fourth-order valence-corrected chi connectivity index (χ4v) is 10.9. The Hall–Kier alpha value is -2.65. The van der Waals surface area contributed by atoms with E-state index in [1.165, 1.54) is 0 Å². The van der Waals surface area contributed by atoms with Crippen LogP contribution in [-0.4, -0.2) is 73.1 Å². The molecule has 0 aliphatic carbocycles. The summed E-state index contributed by atoms with van der Waals surface area (Å²) in [5.74, 6) is -1.47. The Morgan fingerprint density at radius 2 is 1.43 bits per heavy atom. The molecule has 3 rings (SSSR count). The molecule has 2 aromatic rings. The largest absolute Gasteiger partial charge is 0.453 e. The third-order valence-corrected chi connectivity index (χ3v) is 23.2. The molecule has 8 nitrogen and oxygen atoms in total. The van der Waals surface area contributed by atoms with Crippen molar-refractivity contribution in [3.05, 3.63) is 102 Å². The summed E-state index contributed by atoms with van der Waals surface area (Å²) in [6.07, 6.45) is 11.1. The van der Waals surface area contributed by atoms with Crippen LogP contribution in [0.1, 0.15) is 112 Å². The topological polar surface area (TPSA) is 97.4 Å². The molecule has 1 fully saturated rings. The van der Waals surface area contributed by atoms with Crippen molar-refractivity contribution in [2.75, 3.05) is 6.61 Å². The standard InChI is InChI=1S/C47H74O8SSi2/c1-36(34-40-35-39(53-47(9,10)54-40)29-21-15-16-24-33-51-57(11,12)45(3,4)5)43(52-44(48)38-27-19-17-20-28-38)42(56(49,50)41-30-22-18-23-31-41)32-25-26-37(2)55-58(13,14)46(6,7)8/h15-24,27-28,30-31,34,37,39-40,42-43H,25-26,29,32-33,35H2,1-14H3/b21-15-,24-16+,36-34+/t37-,39-,40-,42?,43?/m0/s1. The third-order valence-electron chi connectivity index (χ3n) is 11.9. The molecule has 2 unspecified atom stereocenters. The molecule has 11 heteroatoms. The number of benzene rings is 2. The maximum absolute atomic E-state index is 14.7. The van der Waals surface area contributed by atoms with Crippen molar-refractivity contribution in [2.45, 2.75) is 178 Å². The first kappa shape index (κ1) is 49.7. The van der Waals surface area contributed by atoms with Crippen molar-refractivity contribution >= 4 is 32.4 Å². The van der Waals surface area contributed by atoms with Gasteiger partial charge in [0.25, 0.3) is 0 Å². The molecule has 0 amide bonds. The third kappa shape index (κ3) is 14.8. The van der Waals surface area contributed by atoms with Gasteiger partial charge in [0, 0.05) is 12.5 Å². The lowest BCUT2D eigenvalue weighted by molar-refractivity contribution is -0.289. The Kier molecular flexibility index (Phi) is 17.8. The molecule has 2 aromatic carbocycles. The first-order valence-corrected chi connectivity index (χ1v) is 28.3. The summed E-state index contributed by atoms with van der Waals surface area (Å²) in [7, 11) is -7.83. The summed E-state index contributed by atoms with van der Waals surface area (Å²) in [6.45, 7) is 30.6. The molecule has 1 saturated heterocycles. The van der Waals surface area contributed by atoms with Crippen LogP contribution >= 0.6 is 0 Å². The average molecular weight is 855 g/mol. The lowest BCUT2D eigenvalue weighted by atomic mass is 9.98. The van der Waals surface area contributed by atoms with Gasteiger partial charge in [-0.3, -0.25) is 0 Å². The Morgan fingerprint density at radius 3 is 2.02 bits per heavy atom. The summed E-state index contributed by atoms with van der Waals surface area (Å²) in [5, 5.41) is -0.850. The van der Waals surface area contributed by atoms with Crippen LogP contribution in [0.3, 0.4) is 0 Å². The molecular formula is C47H74O8SSi2. The zero-order valence-electron chi connectivity index (χ0n) is 38.0. The second-order valence-electron chi connectivity index (χ2n) is 19.3. The van der Waals surface area contributed by atoms with Crippen LogP contribution < -0.4 is 0 Å². The molecule has 324 valence electrons. The van der Waals surface area contributed by atoms with Crippen molar-refractivity contribution in [2.24, 2.45) is 0 Å². The molecule has 5 atom stereocenters. The van der Waals surface area contributed by atoms with Gasteiger partial charge < -0.3 is 23.1 Å². The monoisotopic (exact) mass is 854 g/mol. The van der Waals surface area contributed by atoms with Gasteiger partial charge in [0.15, 0.2) is 32.3 Å². The van der Waals surface area contributed by atoms with E-state index in [9.17, 15) is 13.2 Å². The molecule has 58 heavy (non-hydrogen) atoms. The van der Waals surface area contributed by atoms with Gasteiger partial charge >= 0.3 is 5.97 Å². The van der Waals surface area contributed by atoms with Gasteiger partial charge in [0.2, 0.25) is 0 Å². The number of hydrogen-bond donors (Lipinski definition) is 0.